The number of halogens is 1. The van der Waals surface area contributed by atoms with Crippen molar-refractivity contribution in [3.05, 3.63) is 95.8 Å². The van der Waals surface area contributed by atoms with E-state index < -0.39 is 34.5 Å². The predicted molar refractivity (Wildman–Crippen MR) is 162 cm³/mol. The van der Waals surface area contributed by atoms with E-state index >= 15 is 0 Å². The average molecular weight is 599 g/mol. The molecule has 0 spiro atoms. The van der Waals surface area contributed by atoms with Gasteiger partial charge in [0.05, 0.1) is 12.8 Å². The molecule has 3 aromatic rings. The molecule has 2 amide bonds. The van der Waals surface area contributed by atoms with Crippen LogP contribution in [0.25, 0.3) is 0 Å². The molecule has 0 radical (unpaired) electrons. The smallest absolute Gasteiger partial charge is 0.304 e. The van der Waals surface area contributed by atoms with E-state index in [-0.39, 0.29) is 30.5 Å². The SMILES string of the molecule is COc1cccc(CN(C(=O)CN(c2ccc(F)cc2)S(=O)(=O)N(C)C)[C@H](Cc2ccccc2)C(=O)NCC(C)C)c1. The van der Waals surface area contributed by atoms with Crippen LogP contribution in [-0.2, 0) is 32.8 Å². The summed E-state index contributed by atoms with van der Waals surface area (Å²) in [6, 6.07) is 20.3. The second-order valence-electron chi connectivity index (χ2n) is 10.5. The Hall–Kier alpha value is -3.96. The molecule has 0 saturated carbocycles. The van der Waals surface area contributed by atoms with Crippen molar-refractivity contribution in [1.29, 1.82) is 0 Å². The van der Waals surface area contributed by atoms with Crippen molar-refractivity contribution < 1.29 is 27.1 Å². The van der Waals surface area contributed by atoms with Crippen LogP contribution in [0.3, 0.4) is 0 Å². The maximum absolute atomic E-state index is 14.2. The van der Waals surface area contributed by atoms with E-state index in [1.54, 1.807) is 18.2 Å². The van der Waals surface area contributed by atoms with Gasteiger partial charge in [-0.05, 0) is 53.4 Å². The topological polar surface area (TPSA) is 99.3 Å². The molecule has 0 heterocycles. The van der Waals surface area contributed by atoms with Crippen LogP contribution in [0, 0.1) is 11.7 Å². The molecule has 1 N–H and O–H groups in total. The minimum Gasteiger partial charge on any atom is -0.497 e. The summed E-state index contributed by atoms with van der Waals surface area (Å²) in [6.07, 6.45) is 0.206. The van der Waals surface area contributed by atoms with E-state index in [0.717, 1.165) is 26.3 Å². The third kappa shape index (κ3) is 8.77. The molecule has 9 nitrogen and oxygen atoms in total. The molecule has 0 aromatic heterocycles. The highest BCUT2D eigenvalue weighted by molar-refractivity contribution is 7.90. The summed E-state index contributed by atoms with van der Waals surface area (Å²) < 4.78 is 47.7. The molecule has 0 bridgehead atoms. The molecule has 0 fully saturated rings. The van der Waals surface area contributed by atoms with E-state index in [2.05, 4.69) is 5.32 Å². The number of carbonyl (C=O) groups is 2. The van der Waals surface area contributed by atoms with Crippen LogP contribution in [0.5, 0.6) is 5.75 Å². The lowest BCUT2D eigenvalue weighted by Crippen LogP contribution is -2.54. The number of hydrogen-bond donors (Lipinski definition) is 1. The molecule has 3 aromatic carbocycles. The fraction of sp³-hybridized carbons (Fsp3) is 0.355. The molecule has 0 aliphatic rings. The number of rotatable bonds is 14. The van der Waals surface area contributed by atoms with Crippen molar-refractivity contribution in [3.8, 4) is 5.75 Å². The molecule has 0 unspecified atom stereocenters. The molecular weight excluding hydrogens is 559 g/mol. The number of nitrogens with one attached hydrogen (secondary N) is 1. The van der Waals surface area contributed by atoms with Gasteiger partial charge in [0, 0.05) is 33.6 Å². The molecule has 226 valence electrons. The lowest BCUT2D eigenvalue weighted by molar-refractivity contribution is -0.140. The highest BCUT2D eigenvalue weighted by Crippen LogP contribution is 2.23. The van der Waals surface area contributed by atoms with Crippen molar-refractivity contribution in [2.24, 2.45) is 5.92 Å². The van der Waals surface area contributed by atoms with Gasteiger partial charge in [0.25, 0.3) is 0 Å². The Kier molecular flexibility index (Phi) is 11.5. The molecular formula is C31H39FN4O5S. The molecule has 1 atom stereocenters. The summed E-state index contributed by atoms with van der Waals surface area (Å²) in [5.74, 6) is -0.752. The fourth-order valence-electron chi connectivity index (χ4n) is 4.27. The number of amides is 2. The van der Waals surface area contributed by atoms with E-state index in [1.165, 1.54) is 38.2 Å². The van der Waals surface area contributed by atoms with Gasteiger partial charge >= 0.3 is 10.2 Å². The van der Waals surface area contributed by atoms with Crippen molar-refractivity contribution >= 4 is 27.7 Å². The number of nitrogens with zero attached hydrogens (tertiary/aromatic N) is 3. The van der Waals surface area contributed by atoms with Crippen molar-refractivity contribution in [2.75, 3.05) is 38.6 Å². The van der Waals surface area contributed by atoms with Gasteiger partial charge in [-0.1, -0.05) is 56.3 Å². The summed E-state index contributed by atoms with van der Waals surface area (Å²) in [6.45, 7) is 3.75. The Labute approximate surface area is 248 Å². The summed E-state index contributed by atoms with van der Waals surface area (Å²) in [7, 11) is 0.0651. The zero-order valence-corrected chi connectivity index (χ0v) is 25.5. The summed E-state index contributed by atoms with van der Waals surface area (Å²) >= 11 is 0. The molecule has 0 aliphatic carbocycles. The number of anilines is 1. The van der Waals surface area contributed by atoms with Gasteiger partial charge in [-0.2, -0.15) is 12.7 Å². The minimum absolute atomic E-state index is 0.0158. The van der Waals surface area contributed by atoms with Gasteiger partial charge in [-0.25, -0.2) is 8.70 Å². The summed E-state index contributed by atoms with van der Waals surface area (Å²) in [5, 5.41) is 2.95. The zero-order chi connectivity index (χ0) is 30.9. The highest BCUT2D eigenvalue weighted by atomic mass is 32.2. The molecule has 42 heavy (non-hydrogen) atoms. The highest BCUT2D eigenvalue weighted by Gasteiger charge is 2.34. The van der Waals surface area contributed by atoms with Gasteiger partial charge in [0.15, 0.2) is 0 Å². The van der Waals surface area contributed by atoms with Crippen LogP contribution < -0.4 is 14.4 Å². The number of benzene rings is 3. The van der Waals surface area contributed by atoms with E-state index in [4.69, 9.17) is 4.74 Å². The Morgan fingerprint density at radius 2 is 1.57 bits per heavy atom. The molecule has 3 rings (SSSR count). The van der Waals surface area contributed by atoms with Crippen molar-refractivity contribution in [2.45, 2.75) is 32.9 Å². The van der Waals surface area contributed by atoms with Gasteiger partial charge in [0.1, 0.15) is 24.2 Å². The standard InChI is InChI=1S/C31H39FN4O5S/c1-23(2)20-33-31(38)29(19-24-10-7-6-8-11-24)35(21-25-12-9-13-28(18-25)41-5)30(37)22-36(42(39,40)34(3)4)27-16-14-26(32)15-17-27/h6-18,23,29H,19-22H2,1-5H3,(H,33,38)/t29-/m1/s1. The van der Waals surface area contributed by atoms with Crippen LogP contribution in [-0.4, -0.2) is 69.8 Å². The van der Waals surface area contributed by atoms with E-state index in [0.29, 0.717) is 17.9 Å². The lowest BCUT2D eigenvalue weighted by atomic mass is 10.0. The van der Waals surface area contributed by atoms with Crippen LogP contribution in [0.2, 0.25) is 0 Å². The minimum atomic E-state index is -4.17. The Morgan fingerprint density at radius 1 is 0.929 bits per heavy atom. The first-order valence-corrected chi connectivity index (χ1v) is 15.0. The fourth-order valence-corrected chi connectivity index (χ4v) is 5.32. The molecule has 11 heteroatoms. The third-order valence-corrected chi connectivity index (χ3v) is 8.40. The van der Waals surface area contributed by atoms with Gasteiger partial charge < -0.3 is 15.0 Å². The Balaban J connectivity index is 2.09. The largest absolute Gasteiger partial charge is 0.497 e. The quantitative estimate of drug-likeness (QED) is 0.304. The maximum Gasteiger partial charge on any atom is 0.304 e. The first-order chi connectivity index (χ1) is 19.9. The van der Waals surface area contributed by atoms with Crippen LogP contribution >= 0.6 is 0 Å². The van der Waals surface area contributed by atoms with Crippen LogP contribution in [0.15, 0.2) is 78.9 Å². The van der Waals surface area contributed by atoms with Gasteiger partial charge in [-0.15, -0.1) is 0 Å². The lowest BCUT2D eigenvalue weighted by Gasteiger charge is -2.34. The van der Waals surface area contributed by atoms with Crippen LogP contribution in [0.4, 0.5) is 10.1 Å². The van der Waals surface area contributed by atoms with Gasteiger partial charge in [0.2, 0.25) is 11.8 Å². The van der Waals surface area contributed by atoms with E-state index in [1.807, 2.05) is 50.2 Å². The molecule has 0 aliphatic heterocycles. The Morgan fingerprint density at radius 3 is 2.17 bits per heavy atom. The average Bonchev–Trinajstić information content (AvgIpc) is 2.97. The van der Waals surface area contributed by atoms with Crippen LogP contribution in [0.1, 0.15) is 25.0 Å². The second kappa shape index (κ2) is 14.8. The van der Waals surface area contributed by atoms with Crippen molar-refractivity contribution in [3.63, 3.8) is 0 Å². The number of hydrogen-bond acceptors (Lipinski definition) is 5. The number of methoxy groups -OCH3 is 1. The predicted octanol–water partition coefficient (Wildman–Crippen LogP) is 3.86. The first kappa shape index (κ1) is 32.6. The molecule has 0 saturated heterocycles. The second-order valence-corrected chi connectivity index (χ2v) is 12.6. The first-order valence-electron chi connectivity index (χ1n) is 13.6. The third-order valence-electron chi connectivity index (χ3n) is 6.58. The Bertz CT molecular complexity index is 1430. The number of ether oxygens (including phenoxy) is 1. The van der Waals surface area contributed by atoms with Crippen molar-refractivity contribution in [1.82, 2.24) is 14.5 Å². The summed E-state index contributed by atoms with van der Waals surface area (Å²) in [4.78, 5) is 29.3. The van der Waals surface area contributed by atoms with E-state index in [9.17, 15) is 22.4 Å². The zero-order valence-electron chi connectivity index (χ0n) is 24.7. The van der Waals surface area contributed by atoms with Gasteiger partial charge in [-0.3, -0.25) is 9.59 Å². The monoisotopic (exact) mass is 598 g/mol. The summed E-state index contributed by atoms with van der Waals surface area (Å²) in [5.41, 5.74) is 1.65. The maximum atomic E-state index is 14.2. The normalized spacial score (nSPS) is 12.2. The number of carbonyl (C=O) groups excluding carboxylic acids is 2.